The molecule has 1 nitrogen and oxygen atoms in total. The minimum atomic E-state index is 0.834. The van der Waals surface area contributed by atoms with E-state index in [-0.39, 0.29) is 0 Å². The van der Waals surface area contributed by atoms with E-state index in [1.165, 1.54) is 5.56 Å². The fourth-order valence-electron chi connectivity index (χ4n) is 1.12. The summed E-state index contributed by atoms with van der Waals surface area (Å²) < 4.78 is 0. The van der Waals surface area contributed by atoms with Gasteiger partial charge in [0.05, 0.1) is 10.7 Å². The van der Waals surface area contributed by atoms with Crippen LogP contribution in [0.2, 0.25) is 0 Å². The minimum absolute atomic E-state index is 0.834. The van der Waals surface area contributed by atoms with Crippen LogP contribution in [0.4, 0.5) is 0 Å². The molecule has 0 bridgehead atoms. The standard InChI is InChI=1S/C12H15NS/c1-9-6-5-7-12(8-9)10(2)13-11(3)14-4/h5-8H,2H2,1,3-4H3. The third kappa shape index (κ3) is 3.04. The Kier molecular flexibility index (Phi) is 3.96. The van der Waals surface area contributed by atoms with E-state index in [1.807, 2.05) is 25.3 Å². The van der Waals surface area contributed by atoms with Crippen LogP contribution in [0.1, 0.15) is 18.1 Å². The highest BCUT2D eigenvalue weighted by Crippen LogP contribution is 2.16. The second-order valence-corrected chi connectivity index (χ2v) is 4.15. The molecule has 0 aliphatic heterocycles. The smallest absolute Gasteiger partial charge is 0.0704 e. The summed E-state index contributed by atoms with van der Waals surface area (Å²) in [5.74, 6) is 0. The molecule has 0 aliphatic rings. The fourth-order valence-corrected chi connectivity index (χ4v) is 1.33. The zero-order chi connectivity index (χ0) is 10.6. The Labute approximate surface area is 89.9 Å². The van der Waals surface area contributed by atoms with Crippen molar-refractivity contribution < 1.29 is 0 Å². The number of benzene rings is 1. The predicted octanol–water partition coefficient (Wildman–Crippen LogP) is 3.75. The number of thioether (sulfide) groups is 1. The Balaban J connectivity index is 2.90. The SMILES string of the molecule is C=C(N=C(C)SC)c1cccc(C)c1. The van der Waals surface area contributed by atoms with Gasteiger partial charge in [0.2, 0.25) is 0 Å². The third-order valence-corrected chi connectivity index (χ3v) is 2.62. The Morgan fingerprint density at radius 1 is 1.43 bits per heavy atom. The molecule has 0 radical (unpaired) electrons. The van der Waals surface area contributed by atoms with Gasteiger partial charge in [-0.25, -0.2) is 4.99 Å². The van der Waals surface area contributed by atoms with E-state index in [4.69, 9.17) is 0 Å². The van der Waals surface area contributed by atoms with E-state index in [1.54, 1.807) is 11.8 Å². The lowest BCUT2D eigenvalue weighted by molar-refractivity contribution is 1.42. The molecule has 0 fully saturated rings. The van der Waals surface area contributed by atoms with Crippen LogP contribution in [0.5, 0.6) is 0 Å². The summed E-state index contributed by atoms with van der Waals surface area (Å²) in [6, 6.07) is 8.23. The van der Waals surface area contributed by atoms with E-state index < -0.39 is 0 Å². The van der Waals surface area contributed by atoms with Gasteiger partial charge in [-0.2, -0.15) is 0 Å². The average molecular weight is 205 g/mol. The van der Waals surface area contributed by atoms with Crippen molar-refractivity contribution in [2.45, 2.75) is 13.8 Å². The molecular weight excluding hydrogens is 190 g/mol. The molecule has 0 aliphatic carbocycles. The third-order valence-electron chi connectivity index (χ3n) is 1.94. The first-order valence-electron chi connectivity index (χ1n) is 4.48. The van der Waals surface area contributed by atoms with Gasteiger partial charge >= 0.3 is 0 Å². The Morgan fingerprint density at radius 3 is 2.71 bits per heavy atom. The van der Waals surface area contributed by atoms with Crippen LogP contribution in [-0.2, 0) is 0 Å². The molecular formula is C12H15NS. The van der Waals surface area contributed by atoms with Crippen molar-refractivity contribution in [2.75, 3.05) is 6.26 Å². The van der Waals surface area contributed by atoms with Gasteiger partial charge in [-0.05, 0) is 31.7 Å². The molecule has 1 aromatic carbocycles. The number of hydrogen-bond acceptors (Lipinski definition) is 2. The monoisotopic (exact) mass is 205 g/mol. The molecule has 2 heteroatoms. The van der Waals surface area contributed by atoms with Crippen molar-refractivity contribution in [3.8, 4) is 0 Å². The van der Waals surface area contributed by atoms with E-state index in [2.05, 4.69) is 30.6 Å². The summed E-state index contributed by atoms with van der Waals surface area (Å²) >= 11 is 1.64. The quantitative estimate of drug-likeness (QED) is 0.529. The molecule has 0 spiro atoms. The lowest BCUT2D eigenvalue weighted by atomic mass is 10.1. The van der Waals surface area contributed by atoms with Gasteiger partial charge < -0.3 is 0 Å². The molecule has 1 rings (SSSR count). The normalized spacial score (nSPS) is 11.5. The molecule has 0 saturated carbocycles. The molecule has 74 valence electrons. The van der Waals surface area contributed by atoms with E-state index in [0.29, 0.717) is 0 Å². The van der Waals surface area contributed by atoms with Crippen molar-refractivity contribution in [3.63, 3.8) is 0 Å². The summed E-state index contributed by atoms with van der Waals surface area (Å²) in [7, 11) is 0. The predicted molar refractivity (Wildman–Crippen MR) is 66.8 cm³/mol. The van der Waals surface area contributed by atoms with Crippen molar-refractivity contribution >= 4 is 22.5 Å². The first-order chi connectivity index (χ1) is 6.63. The molecule has 0 unspecified atom stereocenters. The van der Waals surface area contributed by atoms with Gasteiger partial charge in [-0.15, -0.1) is 11.8 Å². The van der Waals surface area contributed by atoms with Crippen molar-refractivity contribution in [3.05, 3.63) is 42.0 Å². The summed E-state index contributed by atoms with van der Waals surface area (Å²) in [5.41, 5.74) is 3.17. The maximum atomic E-state index is 4.39. The highest BCUT2D eigenvalue weighted by molar-refractivity contribution is 8.13. The second kappa shape index (κ2) is 5.01. The molecule has 0 aromatic heterocycles. The van der Waals surface area contributed by atoms with Gasteiger partial charge in [0.15, 0.2) is 0 Å². The molecule has 0 amide bonds. The molecule has 1 aromatic rings. The topological polar surface area (TPSA) is 12.4 Å². The van der Waals surface area contributed by atoms with Crippen LogP contribution in [0.15, 0.2) is 35.8 Å². The lowest BCUT2D eigenvalue weighted by Crippen LogP contribution is -1.85. The Morgan fingerprint density at radius 2 is 2.14 bits per heavy atom. The first kappa shape index (κ1) is 11.1. The first-order valence-corrected chi connectivity index (χ1v) is 5.71. The number of aryl methyl sites for hydroxylation is 1. The van der Waals surface area contributed by atoms with Crippen LogP contribution >= 0.6 is 11.8 Å². The van der Waals surface area contributed by atoms with E-state index in [9.17, 15) is 0 Å². The maximum absolute atomic E-state index is 4.39. The Hall–Kier alpha value is -1.02. The van der Waals surface area contributed by atoms with Crippen molar-refractivity contribution in [2.24, 2.45) is 4.99 Å². The van der Waals surface area contributed by atoms with Crippen LogP contribution in [0, 0.1) is 6.92 Å². The van der Waals surface area contributed by atoms with E-state index in [0.717, 1.165) is 16.3 Å². The van der Waals surface area contributed by atoms with Crippen LogP contribution in [0.3, 0.4) is 0 Å². The summed E-state index contributed by atoms with van der Waals surface area (Å²) in [5, 5.41) is 1.04. The second-order valence-electron chi connectivity index (χ2n) is 3.15. The number of hydrogen-bond donors (Lipinski definition) is 0. The summed E-state index contributed by atoms with van der Waals surface area (Å²) in [6.07, 6.45) is 2.02. The van der Waals surface area contributed by atoms with Gasteiger partial charge in [0, 0.05) is 0 Å². The number of aliphatic imine (C=N–C) groups is 1. The number of rotatable bonds is 2. The highest BCUT2D eigenvalue weighted by atomic mass is 32.2. The number of nitrogens with zero attached hydrogens (tertiary/aromatic N) is 1. The lowest BCUT2D eigenvalue weighted by Gasteiger charge is -2.02. The van der Waals surface area contributed by atoms with Crippen LogP contribution < -0.4 is 0 Å². The van der Waals surface area contributed by atoms with Gasteiger partial charge in [-0.3, -0.25) is 0 Å². The molecule has 0 saturated heterocycles. The van der Waals surface area contributed by atoms with Crippen molar-refractivity contribution in [1.29, 1.82) is 0 Å². The minimum Gasteiger partial charge on any atom is -0.247 e. The molecule has 0 heterocycles. The van der Waals surface area contributed by atoms with Crippen molar-refractivity contribution in [1.82, 2.24) is 0 Å². The molecule has 0 atom stereocenters. The largest absolute Gasteiger partial charge is 0.247 e. The molecule has 0 N–H and O–H groups in total. The summed E-state index contributed by atoms with van der Waals surface area (Å²) in [6.45, 7) is 8.02. The van der Waals surface area contributed by atoms with Gasteiger partial charge in [-0.1, -0.05) is 30.3 Å². The van der Waals surface area contributed by atoms with Crippen LogP contribution in [0.25, 0.3) is 5.70 Å². The zero-order valence-corrected chi connectivity index (χ0v) is 9.69. The highest BCUT2D eigenvalue weighted by Gasteiger charge is 1.97. The Bertz CT molecular complexity index is 366. The van der Waals surface area contributed by atoms with Gasteiger partial charge in [0.1, 0.15) is 0 Å². The van der Waals surface area contributed by atoms with Gasteiger partial charge in [0.25, 0.3) is 0 Å². The average Bonchev–Trinajstić information content (AvgIpc) is 2.17. The maximum Gasteiger partial charge on any atom is 0.0704 e. The zero-order valence-electron chi connectivity index (χ0n) is 8.87. The summed E-state index contributed by atoms with van der Waals surface area (Å²) in [4.78, 5) is 4.39. The van der Waals surface area contributed by atoms with Crippen LogP contribution in [-0.4, -0.2) is 11.3 Å². The van der Waals surface area contributed by atoms with E-state index >= 15 is 0 Å². The molecule has 14 heavy (non-hydrogen) atoms. The fraction of sp³-hybridized carbons (Fsp3) is 0.250.